The third kappa shape index (κ3) is 5.11. The van der Waals surface area contributed by atoms with Crippen LogP contribution in [0, 0.1) is 5.92 Å². The maximum atomic E-state index is 11.6. The van der Waals surface area contributed by atoms with Crippen molar-refractivity contribution in [3.05, 3.63) is 29.8 Å². The second kappa shape index (κ2) is 8.23. The highest BCUT2D eigenvalue weighted by molar-refractivity contribution is 5.81. The van der Waals surface area contributed by atoms with E-state index >= 15 is 0 Å². The average Bonchev–Trinajstić information content (AvgIpc) is 2.57. The summed E-state index contributed by atoms with van der Waals surface area (Å²) in [6, 6.07) is 8.15. The maximum absolute atomic E-state index is 11.6. The number of para-hydroxylation sites is 1. The number of carbonyl (C=O) groups is 1. The van der Waals surface area contributed by atoms with Gasteiger partial charge in [-0.25, -0.2) is 0 Å². The number of rotatable bonds is 5. The topological polar surface area (TPSA) is 72.0 Å². The SMILES string of the molecule is CCNC(=NCC(C)C(=O)OC)NC1CC(C)(C)Oc2ccccc21. The number of nitrogens with zero attached hydrogens (tertiary/aromatic N) is 1. The van der Waals surface area contributed by atoms with Crippen molar-refractivity contribution in [3.63, 3.8) is 0 Å². The van der Waals surface area contributed by atoms with E-state index in [1.54, 1.807) is 0 Å². The molecule has 0 fully saturated rings. The molecule has 6 heteroatoms. The minimum absolute atomic E-state index is 0.0891. The normalized spacial score (nSPS) is 20.0. The van der Waals surface area contributed by atoms with Crippen molar-refractivity contribution in [1.82, 2.24) is 10.6 Å². The third-order valence-corrected chi connectivity index (χ3v) is 4.16. The number of hydrogen-bond donors (Lipinski definition) is 2. The van der Waals surface area contributed by atoms with E-state index in [9.17, 15) is 4.79 Å². The van der Waals surface area contributed by atoms with Crippen LogP contribution in [-0.2, 0) is 9.53 Å². The number of fused-ring (bicyclic) bond motifs is 1. The van der Waals surface area contributed by atoms with Gasteiger partial charge in [-0.15, -0.1) is 0 Å². The van der Waals surface area contributed by atoms with E-state index in [1.807, 2.05) is 32.0 Å². The Morgan fingerprint density at radius 2 is 2.16 bits per heavy atom. The maximum Gasteiger partial charge on any atom is 0.310 e. The first-order valence-electron chi connectivity index (χ1n) is 8.77. The van der Waals surface area contributed by atoms with Gasteiger partial charge in [-0.1, -0.05) is 25.1 Å². The molecule has 0 aromatic heterocycles. The van der Waals surface area contributed by atoms with Crippen LogP contribution in [0.3, 0.4) is 0 Å². The number of carbonyl (C=O) groups excluding carboxylic acids is 1. The van der Waals surface area contributed by atoms with E-state index in [4.69, 9.17) is 9.47 Å². The van der Waals surface area contributed by atoms with Crippen LogP contribution in [0.15, 0.2) is 29.3 Å². The van der Waals surface area contributed by atoms with E-state index in [0.717, 1.165) is 24.3 Å². The average molecular weight is 347 g/mol. The molecule has 2 rings (SSSR count). The lowest BCUT2D eigenvalue weighted by Crippen LogP contribution is -2.45. The van der Waals surface area contributed by atoms with Crippen molar-refractivity contribution in [2.75, 3.05) is 20.2 Å². The zero-order valence-corrected chi connectivity index (χ0v) is 15.8. The van der Waals surface area contributed by atoms with Crippen LogP contribution in [-0.4, -0.2) is 37.7 Å². The number of nitrogens with one attached hydrogen (secondary N) is 2. The fourth-order valence-corrected chi connectivity index (χ4v) is 2.92. The minimum Gasteiger partial charge on any atom is -0.487 e. The lowest BCUT2D eigenvalue weighted by Gasteiger charge is -2.38. The van der Waals surface area contributed by atoms with Crippen LogP contribution in [0.2, 0.25) is 0 Å². The highest BCUT2D eigenvalue weighted by atomic mass is 16.5. The summed E-state index contributed by atoms with van der Waals surface area (Å²) in [5, 5.41) is 6.73. The smallest absolute Gasteiger partial charge is 0.310 e. The molecular weight excluding hydrogens is 318 g/mol. The number of aliphatic imine (C=N–C) groups is 1. The molecule has 25 heavy (non-hydrogen) atoms. The number of hydrogen-bond acceptors (Lipinski definition) is 4. The standard InChI is InChI=1S/C19H29N3O3/c1-6-20-18(21-12-13(2)17(23)24-5)22-15-11-19(3,4)25-16-10-8-7-9-14(15)16/h7-10,13,15H,6,11-12H2,1-5H3,(H2,20,21,22). The summed E-state index contributed by atoms with van der Waals surface area (Å²) >= 11 is 0. The first-order chi connectivity index (χ1) is 11.9. The molecule has 1 aromatic rings. The number of ether oxygens (including phenoxy) is 2. The summed E-state index contributed by atoms with van der Waals surface area (Å²) in [5.74, 6) is 1.06. The molecule has 0 spiro atoms. The number of methoxy groups -OCH3 is 1. The van der Waals surface area contributed by atoms with Crippen LogP contribution in [0.1, 0.15) is 45.7 Å². The Bertz CT molecular complexity index is 628. The molecule has 0 amide bonds. The van der Waals surface area contributed by atoms with Crippen LogP contribution in [0.25, 0.3) is 0 Å². The van der Waals surface area contributed by atoms with E-state index in [2.05, 4.69) is 35.5 Å². The lowest BCUT2D eigenvalue weighted by molar-refractivity contribution is -0.144. The van der Waals surface area contributed by atoms with Gasteiger partial charge in [0.25, 0.3) is 0 Å². The van der Waals surface area contributed by atoms with Crippen LogP contribution in [0.4, 0.5) is 0 Å². The second-order valence-electron chi connectivity index (χ2n) is 6.94. The Hall–Kier alpha value is -2.24. The lowest BCUT2D eigenvalue weighted by atomic mass is 9.90. The number of benzene rings is 1. The first kappa shape index (κ1) is 19.1. The Morgan fingerprint density at radius 3 is 2.84 bits per heavy atom. The van der Waals surface area contributed by atoms with Crippen LogP contribution in [0.5, 0.6) is 5.75 Å². The Kier molecular flexibility index (Phi) is 6.28. The molecule has 0 saturated heterocycles. The Balaban J connectivity index is 2.17. The Morgan fingerprint density at radius 1 is 1.44 bits per heavy atom. The van der Waals surface area contributed by atoms with E-state index in [0.29, 0.717) is 12.5 Å². The summed E-state index contributed by atoms with van der Waals surface area (Å²) in [5.41, 5.74) is 0.858. The predicted molar refractivity (Wildman–Crippen MR) is 98.8 cm³/mol. The molecule has 2 N–H and O–H groups in total. The summed E-state index contributed by atoms with van der Waals surface area (Å²) in [7, 11) is 1.40. The quantitative estimate of drug-likeness (QED) is 0.487. The van der Waals surface area contributed by atoms with Crippen molar-refractivity contribution in [2.45, 2.75) is 45.8 Å². The van der Waals surface area contributed by atoms with Crippen molar-refractivity contribution in [3.8, 4) is 5.75 Å². The summed E-state index contributed by atoms with van der Waals surface area (Å²) in [6.07, 6.45) is 0.820. The minimum atomic E-state index is -0.279. The van der Waals surface area contributed by atoms with Crippen molar-refractivity contribution in [1.29, 1.82) is 0 Å². The molecule has 138 valence electrons. The first-order valence-corrected chi connectivity index (χ1v) is 8.77. The fraction of sp³-hybridized carbons (Fsp3) is 0.579. The molecule has 0 saturated carbocycles. The Labute approximate surface area is 150 Å². The molecule has 2 unspecified atom stereocenters. The van der Waals surface area contributed by atoms with Gasteiger partial charge in [0.15, 0.2) is 5.96 Å². The van der Waals surface area contributed by atoms with Gasteiger partial charge in [0.2, 0.25) is 0 Å². The highest BCUT2D eigenvalue weighted by Gasteiger charge is 2.34. The van der Waals surface area contributed by atoms with Crippen molar-refractivity contribution in [2.24, 2.45) is 10.9 Å². The molecule has 2 atom stereocenters. The van der Waals surface area contributed by atoms with Crippen LogP contribution < -0.4 is 15.4 Å². The summed E-state index contributed by atoms with van der Waals surface area (Å²) < 4.78 is 10.8. The number of guanidine groups is 1. The highest BCUT2D eigenvalue weighted by Crippen LogP contribution is 2.39. The van der Waals surface area contributed by atoms with E-state index < -0.39 is 0 Å². The largest absolute Gasteiger partial charge is 0.487 e. The van der Waals surface area contributed by atoms with Gasteiger partial charge in [-0.05, 0) is 26.8 Å². The molecule has 1 heterocycles. The molecule has 0 aliphatic carbocycles. The summed E-state index contributed by atoms with van der Waals surface area (Å²) in [4.78, 5) is 16.1. The second-order valence-corrected chi connectivity index (χ2v) is 6.94. The van der Waals surface area contributed by atoms with Gasteiger partial charge in [0, 0.05) is 18.5 Å². The predicted octanol–water partition coefficient (Wildman–Crippen LogP) is 2.65. The molecule has 0 radical (unpaired) electrons. The molecule has 6 nitrogen and oxygen atoms in total. The molecular formula is C19H29N3O3. The van der Waals surface area contributed by atoms with Gasteiger partial charge in [-0.2, -0.15) is 0 Å². The van der Waals surface area contributed by atoms with Crippen molar-refractivity contribution < 1.29 is 14.3 Å². The van der Waals surface area contributed by atoms with Gasteiger partial charge in [0.1, 0.15) is 11.4 Å². The third-order valence-electron chi connectivity index (χ3n) is 4.16. The summed E-state index contributed by atoms with van der Waals surface area (Å²) in [6.45, 7) is 9.11. The number of esters is 1. The molecule has 1 aromatic carbocycles. The van der Waals surface area contributed by atoms with E-state index in [1.165, 1.54) is 7.11 Å². The van der Waals surface area contributed by atoms with Gasteiger partial charge < -0.3 is 20.1 Å². The molecule has 1 aliphatic heterocycles. The van der Waals surface area contributed by atoms with E-state index in [-0.39, 0.29) is 23.5 Å². The molecule has 1 aliphatic rings. The molecule has 0 bridgehead atoms. The van der Waals surface area contributed by atoms with Crippen LogP contribution >= 0.6 is 0 Å². The fourth-order valence-electron chi connectivity index (χ4n) is 2.92. The zero-order valence-electron chi connectivity index (χ0n) is 15.8. The van der Waals surface area contributed by atoms with Gasteiger partial charge in [-0.3, -0.25) is 9.79 Å². The van der Waals surface area contributed by atoms with Crippen molar-refractivity contribution >= 4 is 11.9 Å². The van der Waals surface area contributed by atoms with Gasteiger partial charge in [0.05, 0.1) is 25.6 Å². The monoisotopic (exact) mass is 347 g/mol. The van der Waals surface area contributed by atoms with Gasteiger partial charge >= 0.3 is 5.97 Å². The zero-order chi connectivity index (χ0) is 18.4.